The fraction of sp³-hybridized carbons (Fsp3) is 0.227. The number of hydrogen-bond donors (Lipinski definition) is 2. The molecule has 1 heterocycles. The van der Waals surface area contributed by atoms with Crippen LogP contribution in [-0.4, -0.2) is 10.2 Å². The van der Waals surface area contributed by atoms with Crippen LogP contribution in [-0.2, 0) is 0 Å². The maximum absolute atomic E-state index is 4.45. The first kappa shape index (κ1) is 17.0. The summed E-state index contributed by atoms with van der Waals surface area (Å²) in [6.45, 7) is 12.7. The zero-order chi connectivity index (χ0) is 18.0. The Morgan fingerprint density at radius 2 is 1.88 bits per heavy atom. The molecule has 25 heavy (non-hydrogen) atoms. The average molecular weight is 331 g/mol. The smallest absolute Gasteiger partial charge is 0.0928 e. The van der Waals surface area contributed by atoms with Crippen molar-refractivity contribution in [3.05, 3.63) is 71.6 Å². The zero-order valence-electron chi connectivity index (χ0n) is 15.4. The third kappa shape index (κ3) is 3.82. The topological polar surface area (TPSA) is 40.7 Å². The molecule has 0 atom stereocenters. The number of anilines is 1. The molecule has 2 N–H and O–H groups in total. The molecule has 3 heteroatoms. The van der Waals surface area contributed by atoms with Gasteiger partial charge in [0.15, 0.2) is 0 Å². The summed E-state index contributed by atoms with van der Waals surface area (Å²) in [4.78, 5) is 0. The monoisotopic (exact) mass is 331 g/mol. The predicted molar refractivity (Wildman–Crippen MR) is 108 cm³/mol. The molecule has 0 radical (unpaired) electrons. The van der Waals surface area contributed by atoms with Crippen molar-refractivity contribution in [2.75, 3.05) is 5.32 Å². The second-order valence-corrected chi connectivity index (χ2v) is 7.41. The molecule has 3 rings (SSSR count). The maximum Gasteiger partial charge on any atom is 0.0928 e. The summed E-state index contributed by atoms with van der Waals surface area (Å²) in [6, 6.07) is 14.5. The number of rotatable bonds is 4. The van der Waals surface area contributed by atoms with E-state index >= 15 is 0 Å². The number of benzene rings is 2. The minimum absolute atomic E-state index is 0.0128. The minimum Gasteiger partial charge on any atom is -0.359 e. The number of nitrogens with zero attached hydrogens (tertiary/aromatic N) is 1. The highest BCUT2D eigenvalue weighted by atomic mass is 15.1. The number of aromatic nitrogens is 2. The standard InChI is InChI=1S/C22H25N3/c1-15-8-6-7-9-17(15)10-12-20-19-14-18(11-13-21(19)25-24-20)23-16(2)22(3,4)5/h6-14,23H,2H2,1,3-5H3,(H,24,25)/b12-10+. The molecule has 1 aromatic heterocycles. The Labute approximate surface area is 149 Å². The fourth-order valence-electron chi connectivity index (χ4n) is 2.54. The highest BCUT2D eigenvalue weighted by Crippen LogP contribution is 2.28. The normalized spacial score (nSPS) is 12.0. The van der Waals surface area contributed by atoms with Gasteiger partial charge in [-0.25, -0.2) is 0 Å². The van der Waals surface area contributed by atoms with Gasteiger partial charge in [-0.05, 0) is 42.3 Å². The fourth-order valence-corrected chi connectivity index (χ4v) is 2.54. The summed E-state index contributed by atoms with van der Waals surface area (Å²) >= 11 is 0. The number of hydrogen-bond acceptors (Lipinski definition) is 2. The summed E-state index contributed by atoms with van der Waals surface area (Å²) < 4.78 is 0. The van der Waals surface area contributed by atoms with Gasteiger partial charge in [-0.1, -0.05) is 57.7 Å². The lowest BCUT2D eigenvalue weighted by atomic mass is 9.93. The quantitative estimate of drug-likeness (QED) is 0.614. The molecule has 0 aliphatic rings. The van der Waals surface area contributed by atoms with Crippen molar-refractivity contribution < 1.29 is 0 Å². The van der Waals surface area contributed by atoms with Crippen LogP contribution in [0.15, 0.2) is 54.7 Å². The van der Waals surface area contributed by atoms with Crippen molar-refractivity contribution in [3.63, 3.8) is 0 Å². The Morgan fingerprint density at radius 1 is 1.12 bits per heavy atom. The molecular formula is C22H25N3. The van der Waals surface area contributed by atoms with E-state index in [-0.39, 0.29) is 5.41 Å². The molecule has 0 aliphatic carbocycles. The van der Waals surface area contributed by atoms with Crippen LogP contribution in [0.1, 0.15) is 37.6 Å². The number of aryl methyl sites for hydroxylation is 1. The van der Waals surface area contributed by atoms with Gasteiger partial charge in [0.1, 0.15) is 0 Å². The number of nitrogens with one attached hydrogen (secondary N) is 2. The lowest BCUT2D eigenvalue weighted by Crippen LogP contribution is -2.15. The Morgan fingerprint density at radius 3 is 2.60 bits per heavy atom. The SMILES string of the molecule is C=C(Nc1ccc2[nH]nc(/C=C/c3ccccc3C)c2c1)C(C)(C)C. The van der Waals surface area contributed by atoms with Crippen LogP contribution in [0.4, 0.5) is 5.69 Å². The highest BCUT2D eigenvalue weighted by molar-refractivity contribution is 5.91. The van der Waals surface area contributed by atoms with Gasteiger partial charge in [-0.3, -0.25) is 5.10 Å². The molecule has 0 spiro atoms. The molecule has 0 bridgehead atoms. The molecule has 0 unspecified atom stereocenters. The van der Waals surface area contributed by atoms with Gasteiger partial charge in [0, 0.05) is 22.2 Å². The van der Waals surface area contributed by atoms with Crippen LogP contribution in [0.25, 0.3) is 23.1 Å². The van der Waals surface area contributed by atoms with Crippen LogP contribution in [0, 0.1) is 12.3 Å². The van der Waals surface area contributed by atoms with E-state index in [1.54, 1.807) is 0 Å². The summed E-state index contributed by atoms with van der Waals surface area (Å²) in [5.41, 5.74) is 6.45. The third-order valence-electron chi connectivity index (χ3n) is 4.40. The van der Waals surface area contributed by atoms with Crippen molar-refractivity contribution in [2.45, 2.75) is 27.7 Å². The van der Waals surface area contributed by atoms with Crippen LogP contribution in [0.5, 0.6) is 0 Å². The number of allylic oxidation sites excluding steroid dienone is 1. The van der Waals surface area contributed by atoms with Crippen molar-refractivity contribution in [3.8, 4) is 0 Å². The summed E-state index contributed by atoms with van der Waals surface area (Å²) in [5.74, 6) is 0. The highest BCUT2D eigenvalue weighted by Gasteiger charge is 2.15. The predicted octanol–water partition coefficient (Wildman–Crippen LogP) is 6.01. The number of aromatic amines is 1. The van der Waals surface area contributed by atoms with Gasteiger partial charge in [0.05, 0.1) is 11.2 Å². The van der Waals surface area contributed by atoms with E-state index in [0.29, 0.717) is 0 Å². The van der Waals surface area contributed by atoms with Crippen LogP contribution < -0.4 is 5.32 Å². The maximum atomic E-state index is 4.45. The van der Waals surface area contributed by atoms with Gasteiger partial charge < -0.3 is 5.32 Å². The molecule has 3 aromatic rings. The van der Waals surface area contributed by atoms with Gasteiger partial charge in [-0.2, -0.15) is 5.10 Å². The van der Waals surface area contributed by atoms with Crippen LogP contribution in [0.2, 0.25) is 0 Å². The molecule has 3 nitrogen and oxygen atoms in total. The second-order valence-electron chi connectivity index (χ2n) is 7.41. The molecule has 0 fully saturated rings. The van der Waals surface area contributed by atoms with Crippen molar-refractivity contribution in [1.29, 1.82) is 0 Å². The number of H-pyrrole nitrogens is 1. The zero-order valence-corrected chi connectivity index (χ0v) is 15.4. The molecule has 0 amide bonds. The second kappa shape index (κ2) is 6.60. The Hall–Kier alpha value is -2.81. The molecule has 0 saturated heterocycles. The first-order valence-electron chi connectivity index (χ1n) is 8.53. The summed E-state index contributed by atoms with van der Waals surface area (Å²) in [6.07, 6.45) is 4.17. The first-order valence-corrected chi connectivity index (χ1v) is 8.53. The Kier molecular flexibility index (Phi) is 4.49. The average Bonchev–Trinajstić information content (AvgIpc) is 2.96. The van der Waals surface area contributed by atoms with Gasteiger partial charge in [-0.15, -0.1) is 0 Å². The Balaban J connectivity index is 1.91. The van der Waals surface area contributed by atoms with Gasteiger partial charge in [0.2, 0.25) is 0 Å². The van der Waals surface area contributed by atoms with E-state index < -0.39 is 0 Å². The van der Waals surface area contributed by atoms with E-state index in [4.69, 9.17) is 0 Å². The number of fused-ring (bicyclic) bond motifs is 1. The van der Waals surface area contributed by atoms with Crippen molar-refractivity contribution in [1.82, 2.24) is 10.2 Å². The summed E-state index contributed by atoms with van der Waals surface area (Å²) in [7, 11) is 0. The van der Waals surface area contributed by atoms with Crippen molar-refractivity contribution in [2.24, 2.45) is 5.41 Å². The first-order chi connectivity index (χ1) is 11.8. The molecule has 0 aliphatic heterocycles. The lowest BCUT2D eigenvalue weighted by molar-refractivity contribution is 0.510. The van der Waals surface area contributed by atoms with E-state index in [1.807, 2.05) is 12.1 Å². The minimum atomic E-state index is 0.0128. The molecular weight excluding hydrogens is 306 g/mol. The molecule has 128 valence electrons. The largest absolute Gasteiger partial charge is 0.359 e. The third-order valence-corrected chi connectivity index (χ3v) is 4.40. The van der Waals surface area contributed by atoms with Crippen LogP contribution >= 0.6 is 0 Å². The van der Waals surface area contributed by atoms with Gasteiger partial charge in [0.25, 0.3) is 0 Å². The molecule has 0 saturated carbocycles. The van der Waals surface area contributed by atoms with Gasteiger partial charge >= 0.3 is 0 Å². The van der Waals surface area contributed by atoms with E-state index in [0.717, 1.165) is 28.0 Å². The Bertz CT molecular complexity index is 939. The van der Waals surface area contributed by atoms with E-state index in [2.05, 4.69) is 92.3 Å². The lowest BCUT2D eigenvalue weighted by Gasteiger charge is -2.23. The molecule has 2 aromatic carbocycles. The van der Waals surface area contributed by atoms with E-state index in [9.17, 15) is 0 Å². The summed E-state index contributed by atoms with van der Waals surface area (Å²) in [5, 5.41) is 12.1. The van der Waals surface area contributed by atoms with Crippen LogP contribution in [0.3, 0.4) is 0 Å². The van der Waals surface area contributed by atoms with E-state index in [1.165, 1.54) is 11.1 Å². The van der Waals surface area contributed by atoms with Crippen molar-refractivity contribution >= 4 is 28.7 Å².